The van der Waals surface area contributed by atoms with E-state index in [2.05, 4.69) is 12.1 Å². The van der Waals surface area contributed by atoms with Crippen molar-refractivity contribution >= 4 is 22.3 Å². The number of hydrogen-bond donors (Lipinski definition) is 0. The molecule has 3 aromatic rings. The molecule has 0 aromatic heterocycles. The van der Waals surface area contributed by atoms with E-state index in [1.807, 2.05) is 24.3 Å². The Labute approximate surface area is 128 Å². The first-order valence-electron chi connectivity index (χ1n) is 7.31. The quantitative estimate of drug-likeness (QED) is 0.491. The highest BCUT2D eigenvalue weighted by Crippen LogP contribution is 2.50. The Balaban J connectivity index is 2.26. The first-order valence-corrected chi connectivity index (χ1v) is 7.31. The number of carbonyl (C=O) groups excluding carboxylic acids is 2. The normalized spacial score (nSPS) is 11.5. The maximum Gasteiger partial charge on any atom is 0.160 e. The summed E-state index contributed by atoms with van der Waals surface area (Å²) in [5.41, 5.74) is 5.29. The van der Waals surface area contributed by atoms with Crippen LogP contribution >= 0.6 is 0 Å². The fourth-order valence-corrected chi connectivity index (χ4v) is 3.51. The van der Waals surface area contributed by atoms with Crippen LogP contribution in [0, 0.1) is 0 Å². The molecule has 3 aromatic carbocycles. The van der Waals surface area contributed by atoms with Gasteiger partial charge in [-0.15, -0.1) is 0 Å². The van der Waals surface area contributed by atoms with Crippen LogP contribution in [0.25, 0.3) is 33.0 Å². The van der Waals surface area contributed by atoms with E-state index in [9.17, 15) is 9.59 Å². The van der Waals surface area contributed by atoms with Crippen LogP contribution in [0.4, 0.5) is 0 Å². The second-order valence-electron chi connectivity index (χ2n) is 5.73. The van der Waals surface area contributed by atoms with Crippen molar-refractivity contribution in [2.24, 2.45) is 0 Å². The molecule has 0 spiro atoms. The van der Waals surface area contributed by atoms with Gasteiger partial charge in [-0.25, -0.2) is 0 Å². The first-order chi connectivity index (χ1) is 10.6. The molecule has 22 heavy (non-hydrogen) atoms. The fourth-order valence-electron chi connectivity index (χ4n) is 3.51. The minimum atomic E-state index is 0.0242. The third kappa shape index (κ3) is 1.55. The molecule has 0 saturated carbocycles. The minimum Gasteiger partial charge on any atom is -0.294 e. The lowest BCUT2D eigenvalue weighted by atomic mass is 9.91. The van der Waals surface area contributed by atoms with Crippen molar-refractivity contribution in [2.45, 2.75) is 13.8 Å². The van der Waals surface area contributed by atoms with Crippen LogP contribution in [0.3, 0.4) is 0 Å². The van der Waals surface area contributed by atoms with Gasteiger partial charge < -0.3 is 0 Å². The van der Waals surface area contributed by atoms with Gasteiger partial charge in [0.1, 0.15) is 0 Å². The van der Waals surface area contributed by atoms with Crippen LogP contribution in [0.1, 0.15) is 34.6 Å². The summed E-state index contributed by atoms with van der Waals surface area (Å²) >= 11 is 0. The van der Waals surface area contributed by atoms with Crippen molar-refractivity contribution in [3.63, 3.8) is 0 Å². The highest BCUT2D eigenvalue weighted by atomic mass is 16.1. The van der Waals surface area contributed by atoms with E-state index in [1.165, 1.54) is 0 Å². The van der Waals surface area contributed by atoms with Gasteiger partial charge in [-0.1, -0.05) is 48.5 Å². The van der Waals surface area contributed by atoms with Crippen LogP contribution in [0.5, 0.6) is 0 Å². The van der Waals surface area contributed by atoms with E-state index in [1.54, 1.807) is 26.0 Å². The predicted octanol–water partition coefficient (Wildman–Crippen LogP) is 4.89. The maximum atomic E-state index is 12.1. The smallest absolute Gasteiger partial charge is 0.160 e. The van der Waals surface area contributed by atoms with Gasteiger partial charge in [-0.2, -0.15) is 0 Å². The molecule has 0 N–H and O–H groups in total. The van der Waals surface area contributed by atoms with E-state index in [-0.39, 0.29) is 11.6 Å². The van der Waals surface area contributed by atoms with Crippen LogP contribution in [0.2, 0.25) is 0 Å². The molecule has 0 aliphatic heterocycles. The van der Waals surface area contributed by atoms with Crippen molar-refractivity contribution in [3.8, 4) is 22.3 Å². The largest absolute Gasteiger partial charge is 0.294 e. The molecule has 4 rings (SSSR count). The zero-order valence-electron chi connectivity index (χ0n) is 12.4. The van der Waals surface area contributed by atoms with Crippen molar-refractivity contribution in [2.75, 3.05) is 0 Å². The number of benzene rings is 3. The summed E-state index contributed by atoms with van der Waals surface area (Å²) < 4.78 is 0. The zero-order chi connectivity index (χ0) is 15.4. The van der Waals surface area contributed by atoms with E-state index in [4.69, 9.17) is 0 Å². The highest BCUT2D eigenvalue weighted by molar-refractivity contribution is 6.23. The zero-order valence-corrected chi connectivity index (χ0v) is 12.4. The highest BCUT2D eigenvalue weighted by Gasteiger charge is 2.28. The third-order valence-corrected chi connectivity index (χ3v) is 4.41. The molecule has 106 valence electrons. The molecule has 0 amide bonds. The van der Waals surface area contributed by atoms with Gasteiger partial charge in [0, 0.05) is 22.3 Å². The molecule has 2 nitrogen and oxygen atoms in total. The molecule has 1 aliphatic carbocycles. The Hall–Kier alpha value is -2.74. The van der Waals surface area contributed by atoms with Crippen LogP contribution in [-0.2, 0) is 0 Å². The van der Waals surface area contributed by atoms with E-state index < -0.39 is 0 Å². The predicted molar refractivity (Wildman–Crippen MR) is 88.4 cm³/mol. The number of Topliss-reactive ketones (excluding diaryl/α,β-unsaturated/α-hetero) is 2. The molecular formula is C20H14O2. The van der Waals surface area contributed by atoms with Crippen LogP contribution < -0.4 is 0 Å². The number of carbonyl (C=O) groups is 2. The molecule has 0 radical (unpaired) electrons. The van der Waals surface area contributed by atoms with E-state index >= 15 is 0 Å². The van der Waals surface area contributed by atoms with E-state index in [0.29, 0.717) is 11.1 Å². The van der Waals surface area contributed by atoms with Crippen molar-refractivity contribution in [1.29, 1.82) is 0 Å². The van der Waals surface area contributed by atoms with Crippen LogP contribution in [-0.4, -0.2) is 11.6 Å². The number of fused-ring (bicyclic) bond motifs is 3. The lowest BCUT2D eigenvalue weighted by Crippen LogP contribution is -2.02. The number of hydrogen-bond acceptors (Lipinski definition) is 2. The fraction of sp³-hybridized carbons (Fsp3) is 0.100. The van der Waals surface area contributed by atoms with Crippen molar-refractivity contribution in [1.82, 2.24) is 0 Å². The van der Waals surface area contributed by atoms with Crippen molar-refractivity contribution < 1.29 is 9.59 Å². The molecule has 0 fully saturated rings. The summed E-state index contributed by atoms with van der Waals surface area (Å²) in [5.74, 6) is 0.0484. The average molecular weight is 286 g/mol. The molecule has 0 atom stereocenters. The second kappa shape index (κ2) is 4.38. The molecule has 0 heterocycles. The standard InChI is InChI=1S/C20H14O2/c1-11(21)14-9-10-15(12(2)22)20-17-8-4-6-13-5-3-7-16(18(13)17)19(14)20/h3-10H,1-2H3. The summed E-state index contributed by atoms with van der Waals surface area (Å²) in [5, 5.41) is 2.27. The average Bonchev–Trinajstić information content (AvgIpc) is 2.84. The van der Waals surface area contributed by atoms with Gasteiger partial charge in [0.15, 0.2) is 11.6 Å². The lowest BCUT2D eigenvalue weighted by Gasteiger charge is -2.11. The van der Waals surface area contributed by atoms with Gasteiger partial charge in [0.05, 0.1) is 0 Å². The molecule has 2 heteroatoms. The van der Waals surface area contributed by atoms with Crippen molar-refractivity contribution in [3.05, 3.63) is 59.7 Å². The first kappa shape index (κ1) is 13.0. The summed E-state index contributed by atoms with van der Waals surface area (Å²) in [6.07, 6.45) is 0. The van der Waals surface area contributed by atoms with Gasteiger partial charge in [-0.3, -0.25) is 9.59 Å². The SMILES string of the molecule is CC(=O)c1ccc(C(C)=O)c2c1-c1cccc3cccc-2c13. The summed E-state index contributed by atoms with van der Waals surface area (Å²) in [6, 6.07) is 15.8. The Morgan fingerprint density at radius 1 is 0.682 bits per heavy atom. The van der Waals surface area contributed by atoms with E-state index in [0.717, 1.165) is 33.0 Å². The van der Waals surface area contributed by atoms with Gasteiger partial charge in [0.2, 0.25) is 0 Å². The summed E-state index contributed by atoms with van der Waals surface area (Å²) in [7, 11) is 0. The Morgan fingerprint density at radius 3 is 1.55 bits per heavy atom. The molecular weight excluding hydrogens is 272 g/mol. The monoisotopic (exact) mass is 286 g/mol. The Kier molecular flexibility index (Phi) is 2.58. The summed E-state index contributed by atoms with van der Waals surface area (Å²) in [4.78, 5) is 24.1. The van der Waals surface area contributed by atoms with Crippen LogP contribution in [0.15, 0.2) is 48.5 Å². The van der Waals surface area contributed by atoms with Gasteiger partial charge in [0.25, 0.3) is 0 Å². The Bertz CT molecular complexity index is 905. The van der Waals surface area contributed by atoms with Gasteiger partial charge in [-0.05, 0) is 35.7 Å². The maximum absolute atomic E-state index is 12.1. The molecule has 0 bridgehead atoms. The topological polar surface area (TPSA) is 34.1 Å². The molecule has 0 saturated heterocycles. The number of rotatable bonds is 2. The Morgan fingerprint density at radius 2 is 1.14 bits per heavy atom. The van der Waals surface area contributed by atoms with Gasteiger partial charge >= 0.3 is 0 Å². The number of ketones is 2. The molecule has 0 unspecified atom stereocenters. The minimum absolute atomic E-state index is 0.0242. The molecule has 1 aliphatic rings. The third-order valence-electron chi connectivity index (χ3n) is 4.41. The lowest BCUT2D eigenvalue weighted by molar-refractivity contribution is 0.100. The second-order valence-corrected chi connectivity index (χ2v) is 5.73. The summed E-state index contributed by atoms with van der Waals surface area (Å²) in [6.45, 7) is 3.15.